The lowest BCUT2D eigenvalue weighted by Crippen LogP contribution is -2.20. The summed E-state index contributed by atoms with van der Waals surface area (Å²) in [5.41, 5.74) is 0.622. The van der Waals surface area contributed by atoms with Gasteiger partial charge >= 0.3 is 0 Å². The molecular formula is C13H8N4O2S2. The largest absolute Gasteiger partial charge is 0.337 e. The smallest absolute Gasteiger partial charge is 0.271 e. The molecule has 0 unspecified atom stereocenters. The molecule has 0 saturated heterocycles. The van der Waals surface area contributed by atoms with Crippen LogP contribution in [0.25, 0.3) is 20.9 Å². The molecule has 0 aliphatic rings. The zero-order valence-electron chi connectivity index (χ0n) is 10.6. The molecule has 104 valence electrons. The molecule has 0 fully saturated rings. The molecule has 6 nitrogen and oxygen atoms in total. The van der Waals surface area contributed by atoms with E-state index in [1.807, 2.05) is 29.0 Å². The third-order valence-corrected chi connectivity index (χ3v) is 4.71. The van der Waals surface area contributed by atoms with E-state index in [0.29, 0.717) is 21.9 Å². The number of rotatable bonds is 3. The highest BCUT2D eigenvalue weighted by atomic mass is 32.1. The number of aromatic nitrogens is 4. The Morgan fingerprint density at radius 1 is 1.24 bits per heavy atom. The van der Waals surface area contributed by atoms with Crippen LogP contribution in [-0.4, -0.2) is 19.7 Å². The lowest BCUT2D eigenvalue weighted by molar-refractivity contribution is 0.370. The minimum Gasteiger partial charge on any atom is -0.337 e. The fraction of sp³-hybridized carbons (Fsp3) is 0.0769. The van der Waals surface area contributed by atoms with Gasteiger partial charge in [0.15, 0.2) is 0 Å². The summed E-state index contributed by atoms with van der Waals surface area (Å²) in [4.78, 5) is 21.8. The number of nitrogens with zero attached hydrogens (tertiary/aromatic N) is 4. The van der Waals surface area contributed by atoms with Crippen molar-refractivity contribution >= 4 is 32.9 Å². The first-order valence-electron chi connectivity index (χ1n) is 6.10. The third kappa shape index (κ3) is 2.18. The fourth-order valence-electron chi connectivity index (χ4n) is 1.96. The minimum atomic E-state index is -0.0918. The summed E-state index contributed by atoms with van der Waals surface area (Å²) in [6, 6.07) is 5.67. The maximum Gasteiger partial charge on any atom is 0.271 e. The standard InChI is InChI=1S/C13H8N4O2S2/c18-13-11-8(3-5-21-11)14-7-17(13)6-10-15-12(16-19-10)9-2-1-4-20-9/h1-5,7H,6H2. The van der Waals surface area contributed by atoms with E-state index in [1.54, 1.807) is 0 Å². The number of hydrogen-bond acceptors (Lipinski definition) is 7. The van der Waals surface area contributed by atoms with Crippen LogP contribution in [0.1, 0.15) is 5.89 Å². The van der Waals surface area contributed by atoms with Crippen molar-refractivity contribution in [3.8, 4) is 10.7 Å². The van der Waals surface area contributed by atoms with Crippen molar-refractivity contribution in [2.75, 3.05) is 0 Å². The maximum atomic E-state index is 12.3. The predicted octanol–water partition coefficient (Wildman–Crippen LogP) is 2.62. The van der Waals surface area contributed by atoms with Crippen LogP contribution in [0, 0.1) is 0 Å². The molecule has 0 spiro atoms. The van der Waals surface area contributed by atoms with Crippen LogP contribution in [0.2, 0.25) is 0 Å². The van der Waals surface area contributed by atoms with Crippen LogP contribution in [0.15, 0.2) is 44.6 Å². The summed E-state index contributed by atoms with van der Waals surface area (Å²) in [5, 5.41) is 7.73. The SMILES string of the molecule is O=c1c2sccc2ncn1Cc1nc(-c2cccs2)no1. The summed E-state index contributed by atoms with van der Waals surface area (Å²) < 4.78 is 7.31. The van der Waals surface area contributed by atoms with Gasteiger partial charge in [-0.2, -0.15) is 4.98 Å². The van der Waals surface area contributed by atoms with Gasteiger partial charge in [-0.05, 0) is 22.9 Å². The molecule has 4 rings (SSSR count). The molecule has 0 aliphatic carbocycles. The van der Waals surface area contributed by atoms with Crippen molar-refractivity contribution in [3.63, 3.8) is 0 Å². The van der Waals surface area contributed by atoms with Crippen molar-refractivity contribution in [2.45, 2.75) is 6.54 Å². The molecule has 0 bridgehead atoms. The Kier molecular flexibility index (Phi) is 2.90. The molecule has 0 aliphatic heterocycles. The Labute approximate surface area is 126 Å². The van der Waals surface area contributed by atoms with Gasteiger partial charge in [0.1, 0.15) is 11.2 Å². The predicted molar refractivity (Wildman–Crippen MR) is 80.6 cm³/mol. The van der Waals surface area contributed by atoms with Gasteiger partial charge in [0.05, 0.1) is 16.7 Å². The van der Waals surface area contributed by atoms with E-state index >= 15 is 0 Å². The molecule has 8 heteroatoms. The van der Waals surface area contributed by atoms with Crippen LogP contribution in [-0.2, 0) is 6.54 Å². The van der Waals surface area contributed by atoms with Gasteiger partial charge < -0.3 is 4.52 Å². The van der Waals surface area contributed by atoms with E-state index < -0.39 is 0 Å². The van der Waals surface area contributed by atoms with Crippen LogP contribution >= 0.6 is 22.7 Å². The van der Waals surface area contributed by atoms with Gasteiger partial charge in [-0.3, -0.25) is 9.36 Å². The highest BCUT2D eigenvalue weighted by Gasteiger charge is 2.12. The first-order valence-corrected chi connectivity index (χ1v) is 7.86. The topological polar surface area (TPSA) is 73.8 Å². The molecule has 21 heavy (non-hydrogen) atoms. The van der Waals surface area contributed by atoms with Gasteiger partial charge in [-0.15, -0.1) is 22.7 Å². The van der Waals surface area contributed by atoms with E-state index in [9.17, 15) is 4.79 Å². The maximum absolute atomic E-state index is 12.3. The zero-order valence-corrected chi connectivity index (χ0v) is 12.2. The Balaban J connectivity index is 1.68. The summed E-state index contributed by atoms with van der Waals surface area (Å²) in [6.45, 7) is 0.220. The second-order valence-electron chi connectivity index (χ2n) is 4.30. The second kappa shape index (κ2) is 4.90. The molecule has 4 heterocycles. The van der Waals surface area contributed by atoms with Gasteiger partial charge in [-0.1, -0.05) is 11.2 Å². The summed E-state index contributed by atoms with van der Waals surface area (Å²) in [6.07, 6.45) is 1.51. The van der Waals surface area contributed by atoms with E-state index in [-0.39, 0.29) is 12.1 Å². The normalized spacial score (nSPS) is 11.2. The summed E-state index contributed by atoms with van der Waals surface area (Å²) in [5.74, 6) is 0.927. The lowest BCUT2D eigenvalue weighted by atomic mass is 10.4. The van der Waals surface area contributed by atoms with Crippen LogP contribution in [0.3, 0.4) is 0 Å². The number of hydrogen-bond donors (Lipinski definition) is 0. The zero-order chi connectivity index (χ0) is 14.2. The number of thiophene rings is 2. The van der Waals surface area contributed by atoms with Crippen LogP contribution in [0.5, 0.6) is 0 Å². The summed E-state index contributed by atoms with van der Waals surface area (Å²) in [7, 11) is 0. The fourth-order valence-corrected chi connectivity index (χ4v) is 3.40. The van der Waals surface area contributed by atoms with Gasteiger partial charge in [0.25, 0.3) is 5.56 Å². The first kappa shape index (κ1) is 12.4. The number of fused-ring (bicyclic) bond motifs is 1. The molecule has 4 aromatic heterocycles. The Hall–Kier alpha value is -2.32. The van der Waals surface area contributed by atoms with Crippen molar-refractivity contribution in [2.24, 2.45) is 0 Å². The molecule has 4 aromatic rings. The monoisotopic (exact) mass is 316 g/mol. The lowest BCUT2D eigenvalue weighted by Gasteiger charge is -2.00. The molecule has 0 saturated carbocycles. The minimum absolute atomic E-state index is 0.0918. The van der Waals surface area contributed by atoms with Crippen molar-refractivity contribution in [3.05, 3.63) is 51.5 Å². The molecule has 0 amide bonds. The quantitative estimate of drug-likeness (QED) is 0.581. The average molecular weight is 316 g/mol. The first-order chi connectivity index (χ1) is 10.3. The Morgan fingerprint density at radius 2 is 2.19 bits per heavy atom. The van der Waals surface area contributed by atoms with Crippen molar-refractivity contribution < 1.29 is 4.52 Å². The third-order valence-electron chi connectivity index (χ3n) is 2.95. The van der Waals surface area contributed by atoms with Crippen molar-refractivity contribution in [1.82, 2.24) is 19.7 Å². The van der Waals surface area contributed by atoms with Crippen LogP contribution < -0.4 is 5.56 Å². The van der Waals surface area contributed by atoms with Crippen LogP contribution in [0.4, 0.5) is 0 Å². The van der Waals surface area contributed by atoms with Crippen molar-refractivity contribution in [1.29, 1.82) is 0 Å². The van der Waals surface area contributed by atoms with Gasteiger partial charge in [-0.25, -0.2) is 4.98 Å². The van der Waals surface area contributed by atoms with E-state index in [4.69, 9.17) is 4.52 Å². The second-order valence-corrected chi connectivity index (χ2v) is 6.17. The molecule has 0 radical (unpaired) electrons. The average Bonchev–Trinajstić information content (AvgIpc) is 3.21. The van der Waals surface area contributed by atoms with E-state index in [2.05, 4.69) is 15.1 Å². The Morgan fingerprint density at radius 3 is 3.05 bits per heavy atom. The van der Waals surface area contributed by atoms with Gasteiger partial charge in [0, 0.05) is 0 Å². The highest BCUT2D eigenvalue weighted by Crippen LogP contribution is 2.21. The van der Waals surface area contributed by atoms with Gasteiger partial charge in [0.2, 0.25) is 11.7 Å². The molecule has 0 N–H and O–H groups in total. The summed E-state index contributed by atoms with van der Waals surface area (Å²) >= 11 is 2.92. The molecular weight excluding hydrogens is 308 g/mol. The Bertz CT molecular complexity index is 952. The van der Waals surface area contributed by atoms with E-state index in [0.717, 1.165) is 4.88 Å². The molecule has 0 atom stereocenters. The van der Waals surface area contributed by atoms with E-state index in [1.165, 1.54) is 33.6 Å². The highest BCUT2D eigenvalue weighted by molar-refractivity contribution is 7.17. The molecule has 0 aromatic carbocycles.